The number of amides is 1. The molecule has 3 aliphatic rings. The number of rotatable bonds is 4. The van der Waals surface area contributed by atoms with Crippen LogP contribution in [0.3, 0.4) is 0 Å². The first-order valence-corrected chi connectivity index (χ1v) is 12.7. The van der Waals surface area contributed by atoms with E-state index in [1.54, 1.807) is 0 Å². The van der Waals surface area contributed by atoms with Crippen LogP contribution in [0.4, 0.5) is 5.69 Å². The Kier molecular flexibility index (Phi) is 6.70. The molecule has 0 spiro atoms. The number of fused-ring (bicyclic) bond motifs is 1. The molecule has 0 N–H and O–H groups in total. The summed E-state index contributed by atoms with van der Waals surface area (Å²) in [7, 11) is 0. The van der Waals surface area contributed by atoms with E-state index in [9.17, 15) is 4.79 Å². The quantitative estimate of drug-likeness (QED) is 0.681. The lowest BCUT2D eigenvalue weighted by atomic mass is 10.0. The van der Waals surface area contributed by atoms with Crippen LogP contribution in [-0.4, -0.2) is 61.0 Å². The van der Waals surface area contributed by atoms with Crippen molar-refractivity contribution in [2.24, 2.45) is 0 Å². The van der Waals surface area contributed by atoms with E-state index in [0.29, 0.717) is 11.4 Å². The van der Waals surface area contributed by atoms with Crippen molar-refractivity contribution in [3.05, 3.63) is 64.2 Å². The van der Waals surface area contributed by atoms with Gasteiger partial charge in [0.2, 0.25) is 5.91 Å². The number of halogens is 1. The molecule has 170 valence electrons. The molecule has 2 aromatic rings. The summed E-state index contributed by atoms with van der Waals surface area (Å²) in [5.74, 6) is 0.209. The molecule has 0 aromatic heterocycles. The van der Waals surface area contributed by atoms with E-state index in [-0.39, 0.29) is 5.91 Å². The molecular weight excluding hydrogens is 418 g/mol. The molecule has 0 atom stereocenters. The van der Waals surface area contributed by atoms with Crippen LogP contribution >= 0.6 is 11.6 Å². The molecule has 2 fully saturated rings. The molecule has 1 amide bonds. The van der Waals surface area contributed by atoms with Gasteiger partial charge in [-0.15, -0.1) is 0 Å². The lowest BCUT2D eigenvalue weighted by molar-refractivity contribution is -0.130. The first kappa shape index (κ1) is 21.8. The summed E-state index contributed by atoms with van der Waals surface area (Å²) in [5, 5.41) is 0.710. The Morgan fingerprint density at radius 3 is 2.25 bits per heavy atom. The average molecular weight is 452 g/mol. The fraction of sp³-hybridized carbons (Fsp3) is 0.519. The number of carbonyl (C=O) groups excluding carboxylic acids is 1. The molecule has 2 heterocycles. The summed E-state index contributed by atoms with van der Waals surface area (Å²) in [5.41, 5.74) is 5.41. The van der Waals surface area contributed by atoms with Gasteiger partial charge in [0.25, 0.3) is 0 Å². The number of hydrogen-bond acceptors (Lipinski definition) is 3. The Bertz CT molecular complexity index is 930. The maximum Gasteiger partial charge on any atom is 0.227 e. The fourth-order valence-corrected chi connectivity index (χ4v) is 5.79. The Labute approximate surface area is 197 Å². The predicted molar refractivity (Wildman–Crippen MR) is 132 cm³/mol. The van der Waals surface area contributed by atoms with Crippen molar-refractivity contribution in [1.82, 2.24) is 9.80 Å². The summed E-state index contributed by atoms with van der Waals surface area (Å²) in [6.45, 7) is 5.80. The van der Waals surface area contributed by atoms with Crippen LogP contribution in [0.25, 0.3) is 0 Å². The molecule has 32 heavy (non-hydrogen) atoms. The second kappa shape index (κ2) is 9.84. The van der Waals surface area contributed by atoms with Gasteiger partial charge in [-0.1, -0.05) is 42.6 Å². The van der Waals surface area contributed by atoms with Gasteiger partial charge in [0.15, 0.2) is 0 Å². The fourth-order valence-electron chi connectivity index (χ4n) is 5.66. The zero-order valence-electron chi connectivity index (χ0n) is 18.9. The Morgan fingerprint density at radius 1 is 0.844 bits per heavy atom. The first-order valence-electron chi connectivity index (χ1n) is 12.3. The number of anilines is 1. The third-order valence-corrected chi connectivity index (χ3v) is 7.89. The smallest absolute Gasteiger partial charge is 0.227 e. The highest BCUT2D eigenvalue weighted by atomic mass is 35.5. The Hall–Kier alpha value is -2.04. The van der Waals surface area contributed by atoms with Crippen molar-refractivity contribution in [2.45, 2.75) is 51.0 Å². The highest BCUT2D eigenvalue weighted by Crippen LogP contribution is 2.28. The molecule has 1 saturated carbocycles. The lowest BCUT2D eigenvalue weighted by Crippen LogP contribution is -2.49. The lowest BCUT2D eigenvalue weighted by Gasteiger charge is -2.36. The molecule has 5 heteroatoms. The van der Waals surface area contributed by atoms with Crippen molar-refractivity contribution < 1.29 is 4.79 Å². The van der Waals surface area contributed by atoms with Gasteiger partial charge in [-0.05, 0) is 66.6 Å². The van der Waals surface area contributed by atoms with E-state index < -0.39 is 0 Å². The van der Waals surface area contributed by atoms with E-state index in [1.807, 2.05) is 29.2 Å². The highest BCUT2D eigenvalue weighted by Gasteiger charge is 2.25. The van der Waals surface area contributed by atoms with Gasteiger partial charge in [-0.3, -0.25) is 9.69 Å². The van der Waals surface area contributed by atoms with E-state index in [2.05, 4.69) is 28.0 Å². The molecular formula is C27H34ClN3O. The second-order valence-electron chi connectivity index (χ2n) is 9.60. The predicted octanol–water partition coefficient (Wildman–Crippen LogP) is 4.57. The van der Waals surface area contributed by atoms with E-state index in [4.69, 9.17) is 11.6 Å². The van der Waals surface area contributed by atoms with Crippen molar-refractivity contribution in [3.8, 4) is 0 Å². The largest absolute Gasteiger partial charge is 0.368 e. The number of hydrogen-bond donors (Lipinski definition) is 0. The van der Waals surface area contributed by atoms with Gasteiger partial charge in [-0.25, -0.2) is 0 Å². The third-order valence-electron chi connectivity index (χ3n) is 7.63. The van der Waals surface area contributed by atoms with Gasteiger partial charge in [0, 0.05) is 56.0 Å². The summed E-state index contributed by atoms with van der Waals surface area (Å²) in [6, 6.07) is 15.5. The zero-order valence-corrected chi connectivity index (χ0v) is 19.7. The normalized spacial score (nSPS) is 20.3. The minimum Gasteiger partial charge on any atom is -0.368 e. The SMILES string of the molecule is O=C(Cc1ccc(Cl)cc1)N1CCN(c2ccc3c(c2)CCN(C2CCCC2)CC3)CC1. The Morgan fingerprint density at radius 2 is 1.53 bits per heavy atom. The minimum atomic E-state index is 0.209. The van der Waals surface area contributed by atoms with Crippen molar-refractivity contribution in [2.75, 3.05) is 44.2 Å². The van der Waals surface area contributed by atoms with Gasteiger partial charge < -0.3 is 9.80 Å². The van der Waals surface area contributed by atoms with Crippen molar-refractivity contribution >= 4 is 23.2 Å². The van der Waals surface area contributed by atoms with Crippen LogP contribution < -0.4 is 4.90 Å². The maximum absolute atomic E-state index is 12.7. The first-order chi connectivity index (χ1) is 15.7. The zero-order chi connectivity index (χ0) is 21.9. The number of benzene rings is 2. The molecule has 0 unspecified atom stereocenters. The summed E-state index contributed by atoms with van der Waals surface area (Å²) in [4.78, 5) is 19.9. The Balaban J connectivity index is 1.17. The minimum absolute atomic E-state index is 0.209. The molecule has 1 aliphatic carbocycles. The van der Waals surface area contributed by atoms with E-state index >= 15 is 0 Å². The van der Waals surface area contributed by atoms with Crippen LogP contribution in [0.15, 0.2) is 42.5 Å². The summed E-state index contributed by atoms with van der Waals surface area (Å²) in [6.07, 6.45) is 8.40. The molecule has 0 radical (unpaired) electrons. The summed E-state index contributed by atoms with van der Waals surface area (Å²) < 4.78 is 0. The van der Waals surface area contributed by atoms with Crippen LogP contribution in [0, 0.1) is 0 Å². The van der Waals surface area contributed by atoms with Crippen molar-refractivity contribution in [3.63, 3.8) is 0 Å². The van der Waals surface area contributed by atoms with Gasteiger partial charge in [0.05, 0.1) is 6.42 Å². The maximum atomic E-state index is 12.7. The van der Waals surface area contributed by atoms with Crippen molar-refractivity contribution in [1.29, 1.82) is 0 Å². The van der Waals surface area contributed by atoms with Gasteiger partial charge in [-0.2, -0.15) is 0 Å². The van der Waals surface area contributed by atoms with Crippen LogP contribution in [-0.2, 0) is 24.1 Å². The second-order valence-corrected chi connectivity index (χ2v) is 10.0. The average Bonchev–Trinajstić information content (AvgIpc) is 3.28. The van der Waals surface area contributed by atoms with E-state index in [1.165, 1.54) is 68.4 Å². The van der Waals surface area contributed by atoms with Gasteiger partial charge in [0.1, 0.15) is 0 Å². The topological polar surface area (TPSA) is 26.8 Å². The standard InChI is InChI=1S/C27H34ClN3O/c28-24-8-5-21(6-9-24)19-27(32)31-17-15-30(16-18-31)26-10-7-22-11-13-29(14-12-23(22)20-26)25-3-1-2-4-25/h5-10,20,25H,1-4,11-19H2. The molecule has 1 saturated heterocycles. The molecule has 5 rings (SSSR count). The number of nitrogens with zero attached hydrogens (tertiary/aromatic N) is 3. The van der Waals surface area contributed by atoms with Crippen LogP contribution in [0.2, 0.25) is 5.02 Å². The highest BCUT2D eigenvalue weighted by molar-refractivity contribution is 6.30. The summed E-state index contributed by atoms with van der Waals surface area (Å²) >= 11 is 5.96. The molecule has 4 nitrogen and oxygen atoms in total. The van der Waals surface area contributed by atoms with Crippen LogP contribution in [0.1, 0.15) is 42.4 Å². The number of carbonyl (C=O) groups is 1. The van der Waals surface area contributed by atoms with Crippen LogP contribution in [0.5, 0.6) is 0 Å². The molecule has 2 aliphatic heterocycles. The molecule has 0 bridgehead atoms. The van der Waals surface area contributed by atoms with E-state index in [0.717, 1.165) is 37.8 Å². The van der Waals surface area contributed by atoms with Gasteiger partial charge >= 0.3 is 0 Å². The monoisotopic (exact) mass is 451 g/mol. The number of piperazine rings is 1. The molecule has 2 aromatic carbocycles. The third kappa shape index (κ3) is 4.97.